The minimum atomic E-state index is -0.621. The third-order valence-corrected chi connectivity index (χ3v) is 3.51. The molecular weight excluding hydrogens is 314 g/mol. The van der Waals surface area contributed by atoms with Crippen molar-refractivity contribution in [3.63, 3.8) is 0 Å². The molecule has 1 aromatic carbocycles. The van der Waals surface area contributed by atoms with Crippen molar-refractivity contribution >= 4 is 17.7 Å². The van der Waals surface area contributed by atoms with Gasteiger partial charge in [-0.25, -0.2) is 4.79 Å². The maximum atomic E-state index is 12.3. The van der Waals surface area contributed by atoms with Gasteiger partial charge in [0.25, 0.3) is 5.69 Å². The maximum absolute atomic E-state index is 12.3. The molecule has 0 bridgehead atoms. The van der Waals surface area contributed by atoms with Crippen molar-refractivity contribution in [3.05, 3.63) is 39.9 Å². The minimum absolute atomic E-state index is 0.0102. The van der Waals surface area contributed by atoms with E-state index in [1.165, 1.54) is 12.1 Å². The zero-order valence-corrected chi connectivity index (χ0v) is 13.9. The number of carbonyl (C=O) groups is 2. The Kier molecular flexibility index (Phi) is 5.06. The summed E-state index contributed by atoms with van der Waals surface area (Å²) in [6, 6.07) is 5.47. The molecule has 130 valence electrons. The number of nitro groups is 1. The van der Waals surface area contributed by atoms with Gasteiger partial charge >= 0.3 is 6.09 Å². The van der Waals surface area contributed by atoms with E-state index in [0.29, 0.717) is 19.5 Å². The Bertz CT molecular complexity index is 636. The Morgan fingerprint density at radius 3 is 2.54 bits per heavy atom. The van der Waals surface area contributed by atoms with Crippen LogP contribution in [0.3, 0.4) is 0 Å². The number of rotatable bonds is 4. The van der Waals surface area contributed by atoms with E-state index in [4.69, 9.17) is 4.74 Å². The van der Waals surface area contributed by atoms with Crippen LogP contribution >= 0.6 is 0 Å². The number of hydrogen-bond donors (Lipinski definition) is 1. The van der Waals surface area contributed by atoms with E-state index in [1.807, 2.05) is 0 Å². The predicted molar refractivity (Wildman–Crippen MR) is 86.3 cm³/mol. The molecule has 2 amide bonds. The van der Waals surface area contributed by atoms with Crippen LogP contribution in [0.4, 0.5) is 10.5 Å². The molecule has 24 heavy (non-hydrogen) atoms. The fraction of sp³-hybridized carbons (Fsp3) is 0.500. The fourth-order valence-electron chi connectivity index (χ4n) is 2.42. The van der Waals surface area contributed by atoms with Crippen LogP contribution < -0.4 is 5.32 Å². The predicted octanol–water partition coefficient (Wildman–Crippen LogP) is 2.22. The van der Waals surface area contributed by atoms with E-state index in [2.05, 4.69) is 5.32 Å². The van der Waals surface area contributed by atoms with Crippen LogP contribution in [0.2, 0.25) is 0 Å². The molecule has 1 saturated heterocycles. The zero-order chi connectivity index (χ0) is 17.9. The number of nitrogens with zero attached hydrogens (tertiary/aromatic N) is 2. The number of hydrogen-bond acceptors (Lipinski definition) is 5. The minimum Gasteiger partial charge on any atom is -0.444 e. The smallest absolute Gasteiger partial charge is 0.408 e. The van der Waals surface area contributed by atoms with E-state index >= 15 is 0 Å². The molecule has 1 heterocycles. The molecule has 8 heteroatoms. The Morgan fingerprint density at radius 1 is 1.38 bits per heavy atom. The lowest BCUT2D eigenvalue weighted by atomic mass is 10.2. The first kappa shape index (κ1) is 17.7. The van der Waals surface area contributed by atoms with Crippen LogP contribution in [0.5, 0.6) is 0 Å². The average molecular weight is 335 g/mol. The third kappa shape index (κ3) is 4.68. The zero-order valence-electron chi connectivity index (χ0n) is 13.9. The topological polar surface area (TPSA) is 102 Å². The summed E-state index contributed by atoms with van der Waals surface area (Å²) in [7, 11) is 0. The van der Waals surface area contributed by atoms with Crippen LogP contribution in [0.1, 0.15) is 32.8 Å². The maximum Gasteiger partial charge on any atom is 0.408 e. The molecule has 1 aliphatic rings. The molecule has 0 spiro atoms. The second-order valence-electron chi connectivity index (χ2n) is 6.67. The first-order valence-corrected chi connectivity index (χ1v) is 7.67. The number of alkyl carbamates (subject to hydrolysis) is 1. The lowest BCUT2D eigenvalue weighted by Gasteiger charge is -2.21. The van der Waals surface area contributed by atoms with Crippen molar-refractivity contribution in [1.29, 1.82) is 0 Å². The number of likely N-dealkylation sites (tertiary alicyclic amines) is 1. The van der Waals surface area contributed by atoms with Gasteiger partial charge in [0.05, 0.1) is 4.92 Å². The summed E-state index contributed by atoms with van der Waals surface area (Å²) in [5, 5.41) is 13.2. The summed E-state index contributed by atoms with van der Waals surface area (Å²) < 4.78 is 5.15. The average Bonchev–Trinajstić information content (AvgIpc) is 2.79. The van der Waals surface area contributed by atoms with Crippen LogP contribution in [0.25, 0.3) is 0 Å². The number of ether oxygens (including phenoxy) is 1. The molecule has 0 aliphatic carbocycles. The van der Waals surface area contributed by atoms with E-state index < -0.39 is 22.7 Å². The second-order valence-corrected chi connectivity index (χ2v) is 6.67. The summed E-state index contributed by atoms with van der Waals surface area (Å²) in [5.41, 5.74) is 0.187. The van der Waals surface area contributed by atoms with Gasteiger partial charge in [0, 0.05) is 25.2 Å². The highest BCUT2D eigenvalue weighted by Crippen LogP contribution is 2.18. The first-order valence-electron chi connectivity index (χ1n) is 7.67. The van der Waals surface area contributed by atoms with Gasteiger partial charge in [-0.2, -0.15) is 0 Å². The van der Waals surface area contributed by atoms with Crippen molar-refractivity contribution in [1.82, 2.24) is 10.2 Å². The largest absolute Gasteiger partial charge is 0.444 e. The van der Waals surface area contributed by atoms with Crippen molar-refractivity contribution in [2.24, 2.45) is 0 Å². The van der Waals surface area contributed by atoms with Crippen LogP contribution in [-0.4, -0.2) is 40.0 Å². The fourth-order valence-corrected chi connectivity index (χ4v) is 2.42. The summed E-state index contributed by atoms with van der Waals surface area (Å²) >= 11 is 0. The van der Waals surface area contributed by atoms with Gasteiger partial charge in [-0.1, -0.05) is 12.1 Å². The summed E-state index contributed by atoms with van der Waals surface area (Å²) in [4.78, 5) is 35.9. The number of amides is 2. The molecule has 1 aliphatic heterocycles. The molecule has 2 rings (SSSR count). The van der Waals surface area contributed by atoms with Gasteiger partial charge < -0.3 is 15.0 Å². The van der Waals surface area contributed by atoms with E-state index in [0.717, 1.165) is 5.56 Å². The van der Waals surface area contributed by atoms with Gasteiger partial charge in [-0.15, -0.1) is 0 Å². The number of nitro benzene ring substituents is 1. The molecule has 1 atom stereocenters. The highest BCUT2D eigenvalue weighted by Gasteiger charge is 2.33. The quantitative estimate of drug-likeness (QED) is 0.671. The summed E-state index contributed by atoms with van der Waals surface area (Å²) in [6.07, 6.45) is -0.108. The number of nitrogens with one attached hydrogen (secondary N) is 1. The van der Waals surface area contributed by atoms with Gasteiger partial charge in [0.2, 0.25) is 5.91 Å². The van der Waals surface area contributed by atoms with Crippen LogP contribution in [0.15, 0.2) is 24.3 Å². The summed E-state index contributed by atoms with van der Waals surface area (Å²) in [6.45, 7) is 6.12. The number of carbonyl (C=O) groups excluding carboxylic acids is 2. The molecule has 0 saturated carbocycles. The first-order chi connectivity index (χ1) is 11.2. The van der Waals surface area contributed by atoms with Crippen molar-refractivity contribution in [2.45, 2.75) is 45.4 Å². The van der Waals surface area contributed by atoms with E-state index in [-0.39, 0.29) is 11.6 Å². The van der Waals surface area contributed by atoms with Gasteiger partial charge in [-0.3, -0.25) is 14.9 Å². The number of non-ortho nitro benzene ring substituents is 1. The highest BCUT2D eigenvalue weighted by atomic mass is 16.6. The summed E-state index contributed by atoms with van der Waals surface area (Å²) in [5.74, 6) is -0.181. The molecule has 1 N–H and O–H groups in total. The normalized spacial score (nSPS) is 17.7. The molecule has 0 aromatic heterocycles. The van der Waals surface area contributed by atoms with Crippen molar-refractivity contribution in [2.75, 3.05) is 6.54 Å². The Labute approximate surface area is 139 Å². The van der Waals surface area contributed by atoms with Crippen LogP contribution in [-0.2, 0) is 16.1 Å². The van der Waals surface area contributed by atoms with E-state index in [9.17, 15) is 19.7 Å². The van der Waals surface area contributed by atoms with Gasteiger partial charge in [0.15, 0.2) is 0 Å². The molecule has 8 nitrogen and oxygen atoms in total. The van der Waals surface area contributed by atoms with Gasteiger partial charge in [0.1, 0.15) is 11.6 Å². The second kappa shape index (κ2) is 6.86. The van der Waals surface area contributed by atoms with E-state index in [1.54, 1.807) is 37.8 Å². The molecular formula is C16H21N3O5. The van der Waals surface area contributed by atoms with Gasteiger partial charge in [-0.05, 0) is 32.8 Å². The molecule has 0 unspecified atom stereocenters. The Hall–Kier alpha value is -2.64. The lowest BCUT2D eigenvalue weighted by Crippen LogP contribution is -2.43. The highest BCUT2D eigenvalue weighted by molar-refractivity contribution is 5.87. The third-order valence-electron chi connectivity index (χ3n) is 3.51. The molecule has 1 aromatic rings. The Balaban J connectivity index is 1.91. The van der Waals surface area contributed by atoms with Crippen molar-refractivity contribution in [3.8, 4) is 0 Å². The number of benzene rings is 1. The Morgan fingerprint density at radius 2 is 2.00 bits per heavy atom. The molecule has 1 fully saturated rings. The SMILES string of the molecule is CC(C)(C)OC(=O)N[C@H]1CCN(Cc2ccc([N+](=O)[O-])cc2)C1=O. The van der Waals surface area contributed by atoms with Crippen LogP contribution in [0, 0.1) is 10.1 Å². The molecule has 0 radical (unpaired) electrons. The monoisotopic (exact) mass is 335 g/mol. The standard InChI is InChI=1S/C16H21N3O5/c1-16(2,3)24-15(21)17-13-8-9-18(14(13)20)10-11-4-6-12(7-5-11)19(22)23/h4-7,13H,8-10H2,1-3H3,(H,17,21)/t13-/m0/s1. The van der Waals surface area contributed by atoms with Crippen molar-refractivity contribution < 1.29 is 19.2 Å². The lowest BCUT2D eigenvalue weighted by molar-refractivity contribution is -0.384.